The molecule has 0 radical (unpaired) electrons. The van der Waals surface area contributed by atoms with Gasteiger partial charge in [-0.25, -0.2) is 9.67 Å². The van der Waals surface area contributed by atoms with Crippen LogP contribution >= 0.6 is 0 Å². The van der Waals surface area contributed by atoms with E-state index in [9.17, 15) is 0 Å². The number of hydrogen-bond acceptors (Lipinski definition) is 6. The summed E-state index contributed by atoms with van der Waals surface area (Å²) in [6, 6.07) is 5.52. The van der Waals surface area contributed by atoms with Crippen molar-refractivity contribution in [3.63, 3.8) is 0 Å². The SMILES string of the molecule is Nc1ccc(-n2cnc(C3CCC3)n2)c(-c2nn[nH]n2)c1. The van der Waals surface area contributed by atoms with E-state index in [1.54, 1.807) is 11.0 Å². The van der Waals surface area contributed by atoms with Crippen LogP contribution in [0.4, 0.5) is 5.69 Å². The van der Waals surface area contributed by atoms with Crippen LogP contribution in [0.15, 0.2) is 24.5 Å². The van der Waals surface area contributed by atoms with Crippen molar-refractivity contribution >= 4 is 5.69 Å². The normalized spacial score (nSPS) is 15.0. The lowest BCUT2D eigenvalue weighted by atomic mass is 9.85. The molecular formula is C13H14N8. The molecule has 1 aliphatic rings. The van der Waals surface area contributed by atoms with Gasteiger partial charge >= 0.3 is 0 Å². The van der Waals surface area contributed by atoms with Gasteiger partial charge in [0, 0.05) is 11.6 Å². The molecule has 1 fully saturated rings. The van der Waals surface area contributed by atoms with Gasteiger partial charge in [-0.1, -0.05) is 6.42 Å². The van der Waals surface area contributed by atoms with Crippen LogP contribution in [0, 0.1) is 0 Å². The summed E-state index contributed by atoms with van der Waals surface area (Å²) < 4.78 is 1.75. The quantitative estimate of drug-likeness (QED) is 0.700. The summed E-state index contributed by atoms with van der Waals surface area (Å²) in [7, 11) is 0. The van der Waals surface area contributed by atoms with Crippen LogP contribution in [0.2, 0.25) is 0 Å². The fourth-order valence-corrected chi connectivity index (χ4v) is 2.45. The van der Waals surface area contributed by atoms with Crippen LogP contribution in [0.1, 0.15) is 31.0 Å². The average Bonchev–Trinajstić information content (AvgIpc) is 3.07. The minimum Gasteiger partial charge on any atom is -0.399 e. The number of nitrogens with zero attached hydrogens (tertiary/aromatic N) is 6. The maximum Gasteiger partial charge on any atom is 0.206 e. The third-order valence-corrected chi connectivity index (χ3v) is 3.83. The highest BCUT2D eigenvalue weighted by molar-refractivity contribution is 5.71. The number of hydrogen-bond donors (Lipinski definition) is 2. The number of nitrogens with two attached hydrogens (primary N) is 1. The Bertz CT molecular complexity index is 756. The Morgan fingerprint density at radius 1 is 1.29 bits per heavy atom. The Kier molecular flexibility index (Phi) is 2.66. The Labute approximate surface area is 120 Å². The predicted molar refractivity (Wildman–Crippen MR) is 75.5 cm³/mol. The van der Waals surface area contributed by atoms with Gasteiger partial charge in [0.15, 0.2) is 5.82 Å². The maximum atomic E-state index is 5.86. The molecule has 4 rings (SSSR count). The molecule has 3 aromatic rings. The zero-order valence-corrected chi connectivity index (χ0v) is 11.3. The van der Waals surface area contributed by atoms with Gasteiger partial charge in [-0.05, 0) is 36.3 Å². The topological polar surface area (TPSA) is 111 Å². The highest BCUT2D eigenvalue weighted by atomic mass is 15.5. The molecule has 0 spiro atoms. The fraction of sp³-hybridized carbons (Fsp3) is 0.308. The van der Waals surface area contributed by atoms with E-state index >= 15 is 0 Å². The van der Waals surface area contributed by atoms with E-state index in [2.05, 4.69) is 30.7 Å². The lowest BCUT2D eigenvalue weighted by Gasteiger charge is -2.21. The van der Waals surface area contributed by atoms with Crippen molar-refractivity contribution in [2.24, 2.45) is 0 Å². The lowest BCUT2D eigenvalue weighted by Crippen LogP contribution is -2.11. The number of nitrogens with one attached hydrogen (secondary N) is 1. The van der Waals surface area contributed by atoms with Crippen LogP contribution in [-0.2, 0) is 0 Å². The molecule has 2 aromatic heterocycles. The van der Waals surface area contributed by atoms with Crippen molar-refractivity contribution in [2.75, 3.05) is 5.73 Å². The summed E-state index contributed by atoms with van der Waals surface area (Å²) >= 11 is 0. The summed E-state index contributed by atoms with van der Waals surface area (Å²) in [5.74, 6) is 1.88. The van der Waals surface area contributed by atoms with E-state index in [-0.39, 0.29) is 0 Å². The molecule has 0 saturated heterocycles. The monoisotopic (exact) mass is 282 g/mol. The maximum absolute atomic E-state index is 5.86. The highest BCUT2D eigenvalue weighted by Crippen LogP contribution is 2.34. The first-order chi connectivity index (χ1) is 10.3. The van der Waals surface area contributed by atoms with Crippen molar-refractivity contribution in [1.82, 2.24) is 35.4 Å². The zero-order valence-electron chi connectivity index (χ0n) is 11.3. The molecule has 8 nitrogen and oxygen atoms in total. The molecule has 21 heavy (non-hydrogen) atoms. The molecule has 2 heterocycles. The van der Waals surface area contributed by atoms with Crippen LogP contribution in [0.5, 0.6) is 0 Å². The van der Waals surface area contributed by atoms with Crippen molar-refractivity contribution in [3.8, 4) is 17.1 Å². The number of H-pyrrole nitrogens is 1. The van der Waals surface area contributed by atoms with E-state index < -0.39 is 0 Å². The largest absolute Gasteiger partial charge is 0.399 e. The van der Waals surface area contributed by atoms with Crippen molar-refractivity contribution in [3.05, 3.63) is 30.4 Å². The van der Waals surface area contributed by atoms with Gasteiger partial charge in [-0.2, -0.15) is 10.3 Å². The number of aromatic amines is 1. The smallest absolute Gasteiger partial charge is 0.206 e. The molecule has 3 N–H and O–H groups in total. The second kappa shape index (κ2) is 4.65. The van der Waals surface area contributed by atoms with E-state index in [4.69, 9.17) is 5.73 Å². The second-order valence-electron chi connectivity index (χ2n) is 5.19. The Balaban J connectivity index is 1.79. The standard InChI is InChI=1S/C13H14N8/c14-9-4-5-11(10(6-9)13-16-19-20-17-13)21-7-15-12(18-21)8-2-1-3-8/h4-8H,1-3,14H2,(H,16,17,19,20). The number of benzene rings is 1. The molecule has 1 saturated carbocycles. The van der Waals surface area contributed by atoms with Gasteiger partial charge in [0.1, 0.15) is 6.33 Å². The van der Waals surface area contributed by atoms with Gasteiger partial charge in [0.05, 0.1) is 11.3 Å². The molecule has 106 valence electrons. The van der Waals surface area contributed by atoms with E-state index in [0.29, 0.717) is 17.4 Å². The minimum atomic E-state index is 0.484. The van der Waals surface area contributed by atoms with Crippen molar-refractivity contribution in [2.45, 2.75) is 25.2 Å². The Morgan fingerprint density at radius 2 is 2.19 bits per heavy atom. The van der Waals surface area contributed by atoms with Gasteiger partial charge in [0.25, 0.3) is 0 Å². The first kappa shape index (κ1) is 12.0. The molecule has 1 aliphatic carbocycles. The van der Waals surface area contributed by atoms with Gasteiger partial charge in [-0.15, -0.1) is 10.2 Å². The van der Waals surface area contributed by atoms with Crippen molar-refractivity contribution < 1.29 is 0 Å². The Hall–Kier alpha value is -2.77. The summed E-state index contributed by atoms with van der Waals surface area (Å²) in [6.07, 6.45) is 5.32. The zero-order chi connectivity index (χ0) is 14.2. The van der Waals surface area contributed by atoms with Crippen LogP contribution in [0.3, 0.4) is 0 Å². The summed E-state index contributed by atoms with van der Waals surface area (Å²) in [6.45, 7) is 0. The molecule has 0 atom stereocenters. The number of rotatable bonds is 3. The molecule has 1 aromatic carbocycles. The fourth-order valence-electron chi connectivity index (χ4n) is 2.45. The molecule has 0 unspecified atom stereocenters. The first-order valence-electron chi connectivity index (χ1n) is 6.86. The van der Waals surface area contributed by atoms with Crippen LogP contribution in [0.25, 0.3) is 17.1 Å². The third kappa shape index (κ3) is 2.04. The lowest BCUT2D eigenvalue weighted by molar-refractivity contribution is 0.401. The number of anilines is 1. The second-order valence-corrected chi connectivity index (χ2v) is 5.19. The average molecular weight is 282 g/mol. The van der Waals surface area contributed by atoms with E-state index in [0.717, 1.165) is 17.1 Å². The van der Waals surface area contributed by atoms with Crippen LogP contribution < -0.4 is 5.73 Å². The minimum absolute atomic E-state index is 0.484. The van der Waals surface area contributed by atoms with Gasteiger partial charge in [0.2, 0.25) is 5.82 Å². The van der Waals surface area contributed by atoms with E-state index in [1.807, 2.05) is 18.2 Å². The summed E-state index contributed by atoms with van der Waals surface area (Å²) in [5.41, 5.74) is 8.11. The van der Waals surface area contributed by atoms with Crippen LogP contribution in [-0.4, -0.2) is 35.4 Å². The predicted octanol–water partition coefficient (Wildman–Crippen LogP) is 1.30. The van der Waals surface area contributed by atoms with Gasteiger partial charge < -0.3 is 5.73 Å². The highest BCUT2D eigenvalue weighted by Gasteiger charge is 2.24. The number of nitrogen functional groups attached to an aromatic ring is 1. The molecule has 0 amide bonds. The Morgan fingerprint density at radius 3 is 2.90 bits per heavy atom. The molecular weight excluding hydrogens is 268 g/mol. The van der Waals surface area contributed by atoms with E-state index in [1.165, 1.54) is 19.3 Å². The van der Waals surface area contributed by atoms with Crippen molar-refractivity contribution in [1.29, 1.82) is 0 Å². The summed E-state index contributed by atoms with van der Waals surface area (Å²) in [4.78, 5) is 4.42. The number of tetrazole rings is 1. The first-order valence-corrected chi connectivity index (χ1v) is 6.86. The molecule has 8 heteroatoms. The number of aromatic nitrogens is 7. The third-order valence-electron chi connectivity index (χ3n) is 3.83. The summed E-state index contributed by atoms with van der Waals surface area (Å²) in [5, 5.41) is 18.7. The molecule has 0 aliphatic heterocycles. The van der Waals surface area contributed by atoms with Gasteiger partial charge in [-0.3, -0.25) is 0 Å². The molecule has 0 bridgehead atoms.